The molecule has 0 unspecified atom stereocenters. The molecule has 3 rings (SSSR count). The number of benzene rings is 1. The van der Waals surface area contributed by atoms with Crippen molar-refractivity contribution in [2.24, 2.45) is 5.73 Å². The predicted octanol–water partition coefficient (Wildman–Crippen LogP) is 2.52. The molecule has 0 aliphatic rings. The van der Waals surface area contributed by atoms with Crippen LogP contribution in [0.25, 0.3) is 17.1 Å². The van der Waals surface area contributed by atoms with Gasteiger partial charge >= 0.3 is 0 Å². The third-order valence-corrected chi connectivity index (χ3v) is 4.33. The van der Waals surface area contributed by atoms with E-state index in [1.807, 2.05) is 30.5 Å². The van der Waals surface area contributed by atoms with Gasteiger partial charge in [-0.2, -0.15) is 0 Å². The number of aromatic nitrogens is 4. The molecule has 6 nitrogen and oxygen atoms in total. The van der Waals surface area contributed by atoms with Gasteiger partial charge in [0, 0.05) is 18.0 Å². The van der Waals surface area contributed by atoms with Gasteiger partial charge < -0.3 is 5.73 Å². The Labute approximate surface area is 144 Å². The summed E-state index contributed by atoms with van der Waals surface area (Å²) in [7, 11) is 0. The summed E-state index contributed by atoms with van der Waals surface area (Å²) < 4.78 is 1.95. The maximum absolute atomic E-state index is 11.1. The minimum atomic E-state index is -0.388. The smallest absolute Gasteiger partial charge is 0.227 e. The quantitative estimate of drug-likeness (QED) is 0.722. The molecule has 0 aliphatic heterocycles. The molecule has 7 heteroatoms. The van der Waals surface area contributed by atoms with Crippen LogP contribution in [0.3, 0.4) is 0 Å². The number of nitrogens with zero attached hydrogens (tertiary/aromatic N) is 4. The molecular formula is C17H17N5OS. The molecule has 3 aromatic rings. The van der Waals surface area contributed by atoms with Gasteiger partial charge in [0.1, 0.15) is 0 Å². The van der Waals surface area contributed by atoms with Crippen molar-refractivity contribution in [2.75, 3.05) is 5.75 Å². The molecule has 122 valence electrons. The van der Waals surface area contributed by atoms with Gasteiger partial charge in [-0.05, 0) is 49.2 Å². The van der Waals surface area contributed by atoms with Gasteiger partial charge in [-0.15, -0.1) is 10.2 Å². The van der Waals surface area contributed by atoms with Crippen LogP contribution in [0, 0.1) is 13.8 Å². The summed E-state index contributed by atoms with van der Waals surface area (Å²) in [5.74, 6) is 0.467. The van der Waals surface area contributed by atoms with Crippen LogP contribution in [-0.2, 0) is 4.79 Å². The molecule has 0 radical (unpaired) electrons. The van der Waals surface area contributed by atoms with Crippen LogP contribution in [0.4, 0.5) is 0 Å². The van der Waals surface area contributed by atoms with Crippen LogP contribution in [0.1, 0.15) is 11.1 Å². The monoisotopic (exact) mass is 339 g/mol. The summed E-state index contributed by atoms with van der Waals surface area (Å²) >= 11 is 1.28. The number of hydrogen-bond donors (Lipinski definition) is 1. The molecule has 2 aromatic heterocycles. The highest BCUT2D eigenvalue weighted by atomic mass is 32.2. The fourth-order valence-corrected chi connectivity index (χ4v) is 3.19. The van der Waals surface area contributed by atoms with Crippen molar-refractivity contribution in [1.29, 1.82) is 0 Å². The van der Waals surface area contributed by atoms with E-state index in [4.69, 9.17) is 5.73 Å². The number of pyridine rings is 1. The summed E-state index contributed by atoms with van der Waals surface area (Å²) in [6.45, 7) is 4.09. The van der Waals surface area contributed by atoms with Crippen LogP contribution in [-0.4, -0.2) is 31.4 Å². The Morgan fingerprint density at radius 2 is 1.79 bits per heavy atom. The zero-order valence-electron chi connectivity index (χ0n) is 13.4. The highest BCUT2D eigenvalue weighted by Crippen LogP contribution is 2.28. The minimum absolute atomic E-state index is 0.152. The van der Waals surface area contributed by atoms with E-state index in [0.29, 0.717) is 11.0 Å². The highest BCUT2D eigenvalue weighted by Gasteiger charge is 2.17. The Hall–Kier alpha value is -2.67. The first-order valence-electron chi connectivity index (χ1n) is 7.40. The van der Waals surface area contributed by atoms with Crippen molar-refractivity contribution < 1.29 is 4.79 Å². The molecule has 24 heavy (non-hydrogen) atoms. The lowest BCUT2D eigenvalue weighted by atomic mass is 10.1. The molecule has 0 spiro atoms. The van der Waals surface area contributed by atoms with Crippen molar-refractivity contribution in [1.82, 2.24) is 19.7 Å². The van der Waals surface area contributed by atoms with E-state index >= 15 is 0 Å². The maximum atomic E-state index is 11.1. The summed E-state index contributed by atoms with van der Waals surface area (Å²) in [5, 5.41) is 9.19. The molecule has 1 aromatic carbocycles. The van der Waals surface area contributed by atoms with Crippen molar-refractivity contribution in [2.45, 2.75) is 19.0 Å². The fourth-order valence-electron chi connectivity index (χ4n) is 2.50. The van der Waals surface area contributed by atoms with Crippen LogP contribution in [0.5, 0.6) is 0 Å². The van der Waals surface area contributed by atoms with Crippen LogP contribution in [0.15, 0.2) is 47.9 Å². The number of thioether (sulfide) groups is 1. The number of aryl methyl sites for hydroxylation is 2. The number of rotatable bonds is 5. The van der Waals surface area contributed by atoms with E-state index in [1.165, 1.54) is 11.8 Å². The highest BCUT2D eigenvalue weighted by molar-refractivity contribution is 7.99. The zero-order chi connectivity index (χ0) is 17.1. The molecule has 0 aliphatic carbocycles. The van der Waals surface area contributed by atoms with Gasteiger partial charge in [0.2, 0.25) is 5.91 Å². The average molecular weight is 339 g/mol. The topological polar surface area (TPSA) is 86.7 Å². The van der Waals surface area contributed by atoms with Crippen LogP contribution < -0.4 is 5.73 Å². The second-order valence-electron chi connectivity index (χ2n) is 5.48. The molecule has 0 saturated carbocycles. The van der Waals surface area contributed by atoms with E-state index in [0.717, 1.165) is 22.4 Å². The van der Waals surface area contributed by atoms with Gasteiger partial charge in [-0.25, -0.2) is 0 Å². The van der Waals surface area contributed by atoms with Gasteiger partial charge in [0.15, 0.2) is 11.0 Å². The predicted molar refractivity (Wildman–Crippen MR) is 94.0 cm³/mol. The SMILES string of the molecule is Cc1cc(C)cc(-n2c(SCC(N)=O)nnc2-c2ccncc2)c1. The van der Waals surface area contributed by atoms with Gasteiger partial charge in [0.25, 0.3) is 0 Å². The minimum Gasteiger partial charge on any atom is -0.369 e. The Balaban J connectivity index is 2.15. The summed E-state index contributed by atoms with van der Waals surface area (Å²) in [6, 6.07) is 10.00. The number of carbonyl (C=O) groups is 1. The van der Waals surface area contributed by atoms with E-state index in [2.05, 4.69) is 33.4 Å². The number of nitrogens with two attached hydrogens (primary N) is 1. The number of amides is 1. The van der Waals surface area contributed by atoms with Crippen LogP contribution in [0.2, 0.25) is 0 Å². The second kappa shape index (κ2) is 6.84. The van der Waals surface area contributed by atoms with E-state index in [-0.39, 0.29) is 11.7 Å². The third kappa shape index (κ3) is 3.46. The van der Waals surface area contributed by atoms with Gasteiger partial charge in [0.05, 0.1) is 11.4 Å². The first-order valence-corrected chi connectivity index (χ1v) is 8.39. The number of primary amides is 1. The van der Waals surface area contributed by atoms with Crippen molar-refractivity contribution in [3.05, 3.63) is 53.9 Å². The molecule has 0 atom stereocenters. The molecule has 2 N–H and O–H groups in total. The summed E-state index contributed by atoms with van der Waals surface area (Å²) in [5.41, 5.74) is 9.42. The zero-order valence-corrected chi connectivity index (χ0v) is 14.2. The lowest BCUT2D eigenvalue weighted by Gasteiger charge is -2.12. The lowest BCUT2D eigenvalue weighted by molar-refractivity contribution is -0.115. The molecule has 1 amide bonds. The van der Waals surface area contributed by atoms with Crippen molar-refractivity contribution >= 4 is 17.7 Å². The summed E-state index contributed by atoms with van der Waals surface area (Å²) in [6.07, 6.45) is 3.43. The van der Waals surface area contributed by atoms with Crippen molar-refractivity contribution in [3.63, 3.8) is 0 Å². The largest absolute Gasteiger partial charge is 0.369 e. The maximum Gasteiger partial charge on any atom is 0.227 e. The molecule has 0 fully saturated rings. The Morgan fingerprint density at radius 3 is 2.42 bits per heavy atom. The third-order valence-electron chi connectivity index (χ3n) is 3.38. The Bertz CT molecular complexity index is 856. The molecule has 2 heterocycles. The first-order chi connectivity index (χ1) is 11.5. The second-order valence-corrected chi connectivity index (χ2v) is 6.42. The van der Waals surface area contributed by atoms with E-state index < -0.39 is 0 Å². The lowest BCUT2D eigenvalue weighted by Crippen LogP contribution is -2.13. The standard InChI is InChI=1S/C17H17N5OS/c1-11-7-12(2)9-14(8-11)22-16(13-3-5-19-6-4-13)20-21-17(22)24-10-15(18)23/h3-9H,10H2,1-2H3,(H2,18,23). The number of hydrogen-bond acceptors (Lipinski definition) is 5. The average Bonchev–Trinajstić information content (AvgIpc) is 2.96. The van der Waals surface area contributed by atoms with E-state index in [9.17, 15) is 4.79 Å². The Kier molecular flexibility index (Phi) is 4.61. The molecule has 0 saturated heterocycles. The molecule has 0 bridgehead atoms. The van der Waals surface area contributed by atoms with Crippen LogP contribution >= 0.6 is 11.8 Å². The number of carbonyl (C=O) groups excluding carboxylic acids is 1. The molecular weight excluding hydrogens is 322 g/mol. The fraction of sp³-hybridized carbons (Fsp3) is 0.176. The van der Waals surface area contributed by atoms with Gasteiger partial charge in [-0.1, -0.05) is 17.8 Å². The Morgan fingerprint density at radius 1 is 1.12 bits per heavy atom. The summed E-state index contributed by atoms with van der Waals surface area (Å²) in [4.78, 5) is 15.2. The van der Waals surface area contributed by atoms with Crippen molar-refractivity contribution in [3.8, 4) is 17.1 Å². The van der Waals surface area contributed by atoms with Gasteiger partial charge in [-0.3, -0.25) is 14.3 Å². The normalized spacial score (nSPS) is 10.8. The van der Waals surface area contributed by atoms with E-state index in [1.54, 1.807) is 12.4 Å². The first kappa shape index (κ1) is 16.2.